The van der Waals surface area contributed by atoms with E-state index in [9.17, 15) is 0 Å². The molecule has 0 radical (unpaired) electrons. The van der Waals surface area contributed by atoms with Gasteiger partial charge in [0.25, 0.3) is 0 Å². The van der Waals surface area contributed by atoms with Gasteiger partial charge in [0.1, 0.15) is 16.7 Å². The van der Waals surface area contributed by atoms with Gasteiger partial charge in [-0.05, 0) is 46.2 Å². The van der Waals surface area contributed by atoms with Gasteiger partial charge in [0, 0.05) is 39.0 Å². The number of benzene rings is 6. The first-order chi connectivity index (χ1) is 23.8. The standard InChI is InChI=1S/C42H24N4O2/c1-2-11-25(12-3-1)39-44-40(46-41(45-39)33-19-10-22-36-37(33)31-13-4-6-20-34(31)47-36)30-18-9-15-26-27(16-8-17-28(26)30)29-23-24-43-42-38(29)32-14-5-7-21-35(32)48-42/h1-24H. The van der Waals surface area contributed by atoms with Gasteiger partial charge in [-0.15, -0.1) is 0 Å². The van der Waals surface area contributed by atoms with Gasteiger partial charge >= 0.3 is 0 Å². The SMILES string of the molecule is c1ccc(-c2nc(-c3cccc4c(-c5ccnc6oc7ccccc7c56)cccc34)nc(-c3cccc4oc5ccccc5c34)n2)cc1. The number of furan rings is 2. The summed E-state index contributed by atoms with van der Waals surface area (Å²) in [6.45, 7) is 0. The van der Waals surface area contributed by atoms with Crippen molar-refractivity contribution in [2.24, 2.45) is 0 Å². The molecule has 0 saturated heterocycles. The molecule has 0 bridgehead atoms. The van der Waals surface area contributed by atoms with E-state index in [0.717, 1.165) is 76.9 Å². The van der Waals surface area contributed by atoms with E-state index in [4.69, 9.17) is 23.8 Å². The Morgan fingerprint density at radius 2 is 0.917 bits per heavy atom. The van der Waals surface area contributed by atoms with E-state index >= 15 is 0 Å². The fourth-order valence-electron chi connectivity index (χ4n) is 6.90. The fraction of sp³-hybridized carbons (Fsp3) is 0. The van der Waals surface area contributed by atoms with Crippen molar-refractivity contribution < 1.29 is 8.83 Å². The van der Waals surface area contributed by atoms with Crippen molar-refractivity contribution in [1.29, 1.82) is 0 Å². The molecule has 6 aromatic carbocycles. The molecule has 0 amide bonds. The van der Waals surface area contributed by atoms with Crippen molar-refractivity contribution in [1.82, 2.24) is 19.9 Å². The molecule has 4 heterocycles. The monoisotopic (exact) mass is 616 g/mol. The molecular formula is C42H24N4O2. The smallest absolute Gasteiger partial charge is 0.227 e. The second kappa shape index (κ2) is 10.4. The van der Waals surface area contributed by atoms with Gasteiger partial charge in [-0.3, -0.25) is 0 Å². The summed E-state index contributed by atoms with van der Waals surface area (Å²) < 4.78 is 12.4. The number of aromatic nitrogens is 4. The number of fused-ring (bicyclic) bond motifs is 7. The van der Waals surface area contributed by atoms with E-state index in [1.54, 1.807) is 0 Å². The van der Waals surface area contributed by atoms with Gasteiger partial charge in [0.2, 0.25) is 5.71 Å². The van der Waals surface area contributed by atoms with Crippen LogP contribution in [0.3, 0.4) is 0 Å². The first kappa shape index (κ1) is 26.5. The molecule has 4 aromatic heterocycles. The van der Waals surface area contributed by atoms with Crippen LogP contribution in [0.2, 0.25) is 0 Å². The number of nitrogens with zero attached hydrogens (tertiary/aromatic N) is 4. The quantitative estimate of drug-likeness (QED) is 0.196. The summed E-state index contributed by atoms with van der Waals surface area (Å²) in [4.78, 5) is 19.9. The maximum absolute atomic E-state index is 6.23. The molecule has 0 N–H and O–H groups in total. The van der Waals surface area contributed by atoms with Crippen LogP contribution in [0, 0.1) is 0 Å². The first-order valence-corrected chi connectivity index (χ1v) is 15.8. The van der Waals surface area contributed by atoms with Crippen molar-refractivity contribution in [2.45, 2.75) is 0 Å². The molecule has 0 fully saturated rings. The van der Waals surface area contributed by atoms with Crippen LogP contribution in [0.15, 0.2) is 155 Å². The first-order valence-electron chi connectivity index (χ1n) is 15.8. The van der Waals surface area contributed by atoms with Crippen LogP contribution in [-0.2, 0) is 0 Å². The van der Waals surface area contributed by atoms with Gasteiger partial charge in [-0.25, -0.2) is 19.9 Å². The van der Waals surface area contributed by atoms with Gasteiger partial charge in [-0.2, -0.15) is 0 Å². The molecule has 0 aliphatic carbocycles. The van der Waals surface area contributed by atoms with Crippen LogP contribution in [0.1, 0.15) is 0 Å². The maximum Gasteiger partial charge on any atom is 0.227 e. The zero-order chi connectivity index (χ0) is 31.6. The lowest BCUT2D eigenvalue weighted by Gasteiger charge is -2.13. The Morgan fingerprint density at radius 3 is 1.73 bits per heavy atom. The average molecular weight is 617 g/mol. The highest BCUT2D eigenvalue weighted by atomic mass is 16.3. The number of para-hydroxylation sites is 2. The van der Waals surface area contributed by atoms with Crippen molar-refractivity contribution in [3.63, 3.8) is 0 Å². The lowest BCUT2D eigenvalue weighted by Crippen LogP contribution is -2.01. The minimum absolute atomic E-state index is 0.588. The molecule has 224 valence electrons. The summed E-state index contributed by atoms with van der Waals surface area (Å²) in [5.74, 6) is 1.79. The highest BCUT2D eigenvalue weighted by Gasteiger charge is 2.20. The summed E-state index contributed by atoms with van der Waals surface area (Å²) in [7, 11) is 0. The summed E-state index contributed by atoms with van der Waals surface area (Å²) in [6, 6.07) is 47.0. The lowest BCUT2D eigenvalue weighted by atomic mass is 9.93. The predicted molar refractivity (Wildman–Crippen MR) is 191 cm³/mol. The van der Waals surface area contributed by atoms with Crippen LogP contribution in [0.5, 0.6) is 0 Å². The Hall–Kier alpha value is -6.66. The maximum atomic E-state index is 6.23. The zero-order valence-corrected chi connectivity index (χ0v) is 25.5. The topological polar surface area (TPSA) is 77.8 Å². The third-order valence-corrected chi connectivity index (χ3v) is 9.04. The van der Waals surface area contributed by atoms with E-state index in [-0.39, 0.29) is 0 Å². The normalized spacial score (nSPS) is 11.8. The lowest BCUT2D eigenvalue weighted by molar-refractivity contribution is 0.654. The van der Waals surface area contributed by atoms with Gasteiger partial charge in [0.05, 0.1) is 5.39 Å². The molecule has 0 aliphatic heterocycles. The molecule has 6 heteroatoms. The highest BCUT2D eigenvalue weighted by Crippen LogP contribution is 2.41. The van der Waals surface area contributed by atoms with Crippen molar-refractivity contribution >= 4 is 54.8 Å². The van der Waals surface area contributed by atoms with E-state index in [0.29, 0.717) is 23.2 Å². The van der Waals surface area contributed by atoms with Crippen LogP contribution in [0.25, 0.3) is 100 Å². The van der Waals surface area contributed by atoms with E-state index < -0.39 is 0 Å². The van der Waals surface area contributed by atoms with Crippen LogP contribution < -0.4 is 0 Å². The number of hydrogen-bond donors (Lipinski definition) is 0. The summed E-state index contributed by atoms with van der Waals surface area (Å²) in [5, 5.41) is 6.17. The van der Waals surface area contributed by atoms with Crippen molar-refractivity contribution in [2.75, 3.05) is 0 Å². The van der Waals surface area contributed by atoms with E-state index in [1.807, 2.05) is 85.1 Å². The Morgan fingerprint density at radius 1 is 0.354 bits per heavy atom. The van der Waals surface area contributed by atoms with E-state index in [2.05, 4.69) is 65.6 Å². The van der Waals surface area contributed by atoms with Crippen molar-refractivity contribution in [3.8, 4) is 45.3 Å². The molecule has 10 aromatic rings. The minimum Gasteiger partial charge on any atom is -0.456 e. The second-order valence-electron chi connectivity index (χ2n) is 11.8. The number of pyridine rings is 1. The Bertz CT molecular complexity index is 2850. The third-order valence-electron chi connectivity index (χ3n) is 9.04. The molecule has 0 aliphatic rings. The zero-order valence-electron chi connectivity index (χ0n) is 25.5. The summed E-state index contributed by atoms with van der Waals surface area (Å²) in [6.07, 6.45) is 1.81. The van der Waals surface area contributed by atoms with Crippen LogP contribution >= 0.6 is 0 Å². The molecule has 6 nitrogen and oxygen atoms in total. The summed E-state index contributed by atoms with van der Waals surface area (Å²) in [5.41, 5.74) is 7.94. The molecule has 0 spiro atoms. The van der Waals surface area contributed by atoms with Gasteiger partial charge < -0.3 is 8.83 Å². The van der Waals surface area contributed by atoms with Crippen LogP contribution in [0.4, 0.5) is 0 Å². The largest absolute Gasteiger partial charge is 0.456 e. The Labute approximate surface area is 274 Å². The van der Waals surface area contributed by atoms with Gasteiger partial charge in [0.15, 0.2) is 17.5 Å². The number of rotatable bonds is 4. The van der Waals surface area contributed by atoms with Crippen molar-refractivity contribution in [3.05, 3.63) is 146 Å². The molecule has 0 atom stereocenters. The molecule has 0 saturated carbocycles. The predicted octanol–water partition coefficient (Wildman–Crippen LogP) is 10.9. The average Bonchev–Trinajstić information content (AvgIpc) is 3.73. The second-order valence-corrected chi connectivity index (χ2v) is 11.8. The molecule has 10 rings (SSSR count). The minimum atomic E-state index is 0.588. The molecule has 0 unspecified atom stereocenters. The fourth-order valence-corrected chi connectivity index (χ4v) is 6.90. The number of hydrogen-bond acceptors (Lipinski definition) is 6. The Balaban J connectivity index is 1.23. The van der Waals surface area contributed by atoms with Crippen LogP contribution in [-0.4, -0.2) is 19.9 Å². The highest BCUT2D eigenvalue weighted by molar-refractivity contribution is 6.15. The molecular weight excluding hydrogens is 592 g/mol. The molecule has 48 heavy (non-hydrogen) atoms. The van der Waals surface area contributed by atoms with Gasteiger partial charge in [-0.1, -0.05) is 115 Å². The Kier molecular flexibility index (Phi) is 5.77. The van der Waals surface area contributed by atoms with E-state index in [1.165, 1.54) is 0 Å². The summed E-state index contributed by atoms with van der Waals surface area (Å²) >= 11 is 0. The third kappa shape index (κ3) is 4.06.